The smallest absolute Gasteiger partial charge is 0.348 e. The number of Topliss-reactive ketones (excluding diaryl/α,β-unsaturated/α-hetero) is 1. The SMILES string of the molecule is CC1=C2[C@@H](O)C(=O)[C@@]3(C)C([C@H](C)[C@](O)(C[C@@H]1OC(=O)C(OC(=O)CCCCN1CCN(C)CC1)[C@@H](C)c1ccccc1)C2(C)C)[C@]1(C)CO[C@@H]1C[C@@H]3O. The number of carbonyl (C=O) groups excluding carboxylic acids is 3. The first-order chi connectivity index (χ1) is 24.9. The molecule has 0 amide bonds. The van der Waals surface area contributed by atoms with Crippen LogP contribution in [0.4, 0.5) is 0 Å². The van der Waals surface area contributed by atoms with Gasteiger partial charge in [-0.2, -0.15) is 0 Å². The second kappa shape index (κ2) is 14.8. The van der Waals surface area contributed by atoms with Crippen molar-refractivity contribution in [2.24, 2.45) is 28.1 Å². The molecule has 3 aliphatic carbocycles. The van der Waals surface area contributed by atoms with Crippen LogP contribution >= 0.6 is 0 Å². The third-order valence-corrected chi connectivity index (χ3v) is 14.5. The number of hydrogen-bond acceptors (Lipinski definition) is 11. The van der Waals surface area contributed by atoms with Crippen LogP contribution in [0.5, 0.6) is 0 Å². The van der Waals surface area contributed by atoms with Gasteiger partial charge in [-0.3, -0.25) is 9.59 Å². The summed E-state index contributed by atoms with van der Waals surface area (Å²) in [6.07, 6.45) is -3.36. The minimum absolute atomic E-state index is 0.000104. The van der Waals surface area contributed by atoms with Crippen molar-refractivity contribution in [2.45, 2.75) is 123 Å². The summed E-state index contributed by atoms with van der Waals surface area (Å²) in [5.41, 5.74) is -2.95. The van der Waals surface area contributed by atoms with Gasteiger partial charge in [0.25, 0.3) is 0 Å². The number of nitrogens with zero attached hydrogens (tertiary/aromatic N) is 2. The number of fused-ring (bicyclic) bond motifs is 5. The van der Waals surface area contributed by atoms with Crippen LogP contribution in [-0.2, 0) is 28.6 Å². The van der Waals surface area contributed by atoms with E-state index in [-0.39, 0.29) is 25.4 Å². The average molecular weight is 739 g/mol. The molecule has 0 aromatic heterocycles. The topological polar surface area (TPSA) is 146 Å². The Kier molecular flexibility index (Phi) is 11.1. The molecule has 2 unspecified atom stereocenters. The lowest BCUT2D eigenvalue weighted by Gasteiger charge is -2.68. The Hall–Kier alpha value is -2.67. The van der Waals surface area contributed by atoms with Crippen molar-refractivity contribution in [3.05, 3.63) is 47.0 Å². The van der Waals surface area contributed by atoms with Crippen LogP contribution in [0.3, 0.4) is 0 Å². The minimum atomic E-state index is -1.64. The molecule has 2 saturated carbocycles. The van der Waals surface area contributed by atoms with E-state index < -0.39 is 81.7 Å². The first-order valence-corrected chi connectivity index (χ1v) is 19.7. The van der Waals surface area contributed by atoms with Gasteiger partial charge in [0.05, 0.1) is 29.8 Å². The number of likely N-dealkylation sites (N-methyl/N-ethyl adjacent to an activating group) is 1. The standard InChI is InChI=1S/C42H62N2O9/c1-25(28-14-10-9-11-15-28)35(53-32(46)16-12-13-17-44-20-18-43(8)19-21-44)38(49)52-29-23-42(50)27(3)36-40(6)24-51-31(40)22-30(45)41(36,7)37(48)34(47)33(26(29)2)39(42,4)5/h9-11,14-15,25,27,29-31,34-36,45,47,50H,12-13,16-24H2,1-8H3/t25-,27-,29-,30-,31+,34+,35?,36?,40+,41+,42+/m0/s1. The molecule has 0 radical (unpaired) electrons. The van der Waals surface area contributed by atoms with Gasteiger partial charge in [0, 0.05) is 62.2 Å². The Morgan fingerprint density at radius 1 is 1.04 bits per heavy atom. The van der Waals surface area contributed by atoms with Crippen molar-refractivity contribution in [3.8, 4) is 0 Å². The molecule has 6 rings (SSSR count). The molecule has 1 aromatic carbocycles. The van der Waals surface area contributed by atoms with Crippen molar-refractivity contribution in [1.29, 1.82) is 0 Å². The molecule has 11 atom stereocenters. The number of aliphatic hydroxyl groups is 3. The molecular formula is C42H62N2O9. The zero-order chi connectivity index (χ0) is 38.7. The molecule has 3 N–H and O–H groups in total. The van der Waals surface area contributed by atoms with Crippen molar-refractivity contribution in [3.63, 3.8) is 0 Å². The van der Waals surface area contributed by atoms with Gasteiger partial charge in [-0.15, -0.1) is 0 Å². The number of hydrogen-bond donors (Lipinski definition) is 3. The van der Waals surface area contributed by atoms with Gasteiger partial charge in [0.1, 0.15) is 12.2 Å². The summed E-state index contributed by atoms with van der Waals surface area (Å²) in [6.45, 7) is 18.3. The quantitative estimate of drug-likeness (QED) is 0.183. The average Bonchev–Trinajstić information content (AvgIpc) is 3.12. The summed E-state index contributed by atoms with van der Waals surface area (Å²) < 4.78 is 18.1. The van der Waals surface area contributed by atoms with Gasteiger partial charge in [-0.25, -0.2) is 4.79 Å². The van der Waals surface area contributed by atoms with Crippen molar-refractivity contribution in [2.75, 3.05) is 46.4 Å². The van der Waals surface area contributed by atoms with Crippen LogP contribution < -0.4 is 0 Å². The maximum absolute atomic E-state index is 14.5. The van der Waals surface area contributed by atoms with Crippen LogP contribution in [0.25, 0.3) is 0 Å². The molecule has 0 spiro atoms. The van der Waals surface area contributed by atoms with E-state index in [2.05, 4.69) is 16.8 Å². The van der Waals surface area contributed by atoms with Gasteiger partial charge in [0.2, 0.25) is 6.10 Å². The molecule has 2 bridgehead atoms. The van der Waals surface area contributed by atoms with Crippen molar-refractivity contribution in [1.82, 2.24) is 9.80 Å². The summed E-state index contributed by atoms with van der Waals surface area (Å²) in [5, 5.41) is 36.6. The summed E-state index contributed by atoms with van der Waals surface area (Å²) >= 11 is 0. The fourth-order valence-electron chi connectivity index (χ4n) is 10.9. The lowest BCUT2D eigenvalue weighted by molar-refractivity contribution is -0.302. The predicted molar refractivity (Wildman–Crippen MR) is 199 cm³/mol. The second-order valence-corrected chi connectivity index (χ2v) is 17.9. The lowest BCUT2D eigenvalue weighted by atomic mass is 9.40. The fourth-order valence-corrected chi connectivity index (χ4v) is 10.9. The molecule has 53 heavy (non-hydrogen) atoms. The number of benzene rings is 1. The maximum Gasteiger partial charge on any atom is 0.348 e. The van der Waals surface area contributed by atoms with E-state index in [1.165, 1.54) is 0 Å². The lowest BCUT2D eigenvalue weighted by Crippen LogP contribution is -2.75. The molecule has 294 valence electrons. The fraction of sp³-hybridized carbons (Fsp3) is 0.738. The van der Waals surface area contributed by atoms with Crippen LogP contribution in [-0.4, -0.2) is 125 Å². The summed E-state index contributed by atoms with van der Waals surface area (Å²) in [5.74, 6) is -3.37. The number of ketones is 1. The van der Waals surface area contributed by atoms with E-state index in [9.17, 15) is 29.7 Å². The first-order valence-electron chi connectivity index (χ1n) is 19.7. The van der Waals surface area contributed by atoms with E-state index in [1.54, 1.807) is 13.8 Å². The number of carbonyl (C=O) groups is 3. The van der Waals surface area contributed by atoms with Gasteiger partial charge in [-0.1, -0.05) is 65.0 Å². The van der Waals surface area contributed by atoms with Crippen LogP contribution in [0.1, 0.15) is 92.1 Å². The number of esters is 2. The Labute approximate surface area is 315 Å². The molecule has 2 saturated heterocycles. The normalized spacial score (nSPS) is 38.4. The van der Waals surface area contributed by atoms with E-state index >= 15 is 0 Å². The first kappa shape index (κ1) is 40.0. The number of rotatable bonds is 10. The number of aliphatic hydroxyl groups excluding tert-OH is 2. The Morgan fingerprint density at radius 2 is 1.70 bits per heavy atom. The maximum atomic E-state index is 14.5. The highest BCUT2D eigenvalue weighted by Crippen LogP contribution is 2.66. The zero-order valence-corrected chi connectivity index (χ0v) is 33.0. The molecule has 2 aliphatic heterocycles. The summed E-state index contributed by atoms with van der Waals surface area (Å²) in [6, 6.07) is 9.36. The molecule has 11 nitrogen and oxygen atoms in total. The molecule has 1 aromatic rings. The van der Waals surface area contributed by atoms with Gasteiger partial charge >= 0.3 is 11.9 Å². The van der Waals surface area contributed by atoms with Gasteiger partial charge in [-0.05, 0) is 68.8 Å². The Morgan fingerprint density at radius 3 is 2.32 bits per heavy atom. The third kappa shape index (κ3) is 6.71. The highest BCUT2D eigenvalue weighted by atomic mass is 16.6. The van der Waals surface area contributed by atoms with E-state index in [4.69, 9.17) is 14.2 Å². The zero-order valence-electron chi connectivity index (χ0n) is 33.0. The van der Waals surface area contributed by atoms with E-state index in [0.29, 0.717) is 24.2 Å². The van der Waals surface area contributed by atoms with E-state index in [1.807, 2.05) is 65.0 Å². The van der Waals surface area contributed by atoms with E-state index in [0.717, 1.165) is 44.7 Å². The van der Waals surface area contributed by atoms with Gasteiger partial charge < -0.3 is 39.3 Å². The molecule has 5 aliphatic rings. The monoisotopic (exact) mass is 738 g/mol. The van der Waals surface area contributed by atoms with Crippen molar-refractivity contribution >= 4 is 17.7 Å². The number of piperazine rings is 1. The number of ether oxygens (including phenoxy) is 3. The Balaban J connectivity index is 1.26. The number of unbranched alkanes of at least 4 members (excludes halogenated alkanes) is 1. The predicted octanol–water partition coefficient (Wildman–Crippen LogP) is 3.88. The highest BCUT2D eigenvalue weighted by molar-refractivity contribution is 5.93. The van der Waals surface area contributed by atoms with Crippen molar-refractivity contribution < 1.29 is 43.9 Å². The molecular weight excluding hydrogens is 676 g/mol. The largest absolute Gasteiger partial charge is 0.455 e. The minimum Gasteiger partial charge on any atom is -0.455 e. The van der Waals surface area contributed by atoms with Crippen LogP contribution in [0.15, 0.2) is 41.5 Å². The molecule has 4 fully saturated rings. The summed E-state index contributed by atoms with van der Waals surface area (Å²) in [4.78, 5) is 46.9. The molecule has 2 heterocycles. The van der Waals surface area contributed by atoms with Gasteiger partial charge in [0.15, 0.2) is 5.78 Å². The van der Waals surface area contributed by atoms with Crippen LogP contribution in [0.2, 0.25) is 0 Å². The van der Waals surface area contributed by atoms with Crippen LogP contribution in [0, 0.1) is 28.1 Å². The highest BCUT2D eigenvalue weighted by Gasteiger charge is 2.73. The second-order valence-electron chi connectivity index (χ2n) is 17.9. The third-order valence-electron chi connectivity index (χ3n) is 14.5. The Bertz CT molecular complexity index is 1570. The summed E-state index contributed by atoms with van der Waals surface area (Å²) in [7, 11) is 2.12. The molecule has 11 heteroatoms.